The summed E-state index contributed by atoms with van der Waals surface area (Å²) in [6, 6.07) is 0. The van der Waals surface area contributed by atoms with Gasteiger partial charge in [-0.05, 0) is 74.0 Å². The molecule has 5 aliphatic rings. The van der Waals surface area contributed by atoms with E-state index in [1.54, 1.807) is 0 Å². The number of rotatable bonds is 0. The third-order valence-electron chi connectivity index (χ3n) is 8.64. The van der Waals surface area contributed by atoms with Gasteiger partial charge in [-0.25, -0.2) is 0 Å². The maximum Gasteiger partial charge on any atom is 0.139 e. The first-order valence-corrected chi connectivity index (χ1v) is 9.23. The summed E-state index contributed by atoms with van der Waals surface area (Å²) in [5, 5.41) is 0. The summed E-state index contributed by atoms with van der Waals surface area (Å²) in [6.45, 7) is 4.87. The molecule has 1 heterocycles. The van der Waals surface area contributed by atoms with Crippen LogP contribution in [0, 0.1) is 34.5 Å². The van der Waals surface area contributed by atoms with E-state index in [4.69, 9.17) is 4.74 Å². The van der Waals surface area contributed by atoms with Gasteiger partial charge in [0.05, 0.1) is 12.2 Å². The molecule has 0 spiro atoms. The summed E-state index contributed by atoms with van der Waals surface area (Å²) in [5.41, 5.74) is 0.547. The molecular weight excluding hydrogens is 260 g/mol. The number of Topliss-reactive ketones (excluding diaryl/α,β-unsaturated/α-hetero) is 1. The fourth-order valence-electron chi connectivity index (χ4n) is 7.36. The van der Waals surface area contributed by atoms with Gasteiger partial charge in [-0.3, -0.25) is 4.79 Å². The van der Waals surface area contributed by atoms with Gasteiger partial charge in [-0.2, -0.15) is 0 Å². The molecule has 1 saturated heterocycles. The van der Waals surface area contributed by atoms with Gasteiger partial charge >= 0.3 is 0 Å². The van der Waals surface area contributed by atoms with Gasteiger partial charge in [0.25, 0.3) is 0 Å². The van der Waals surface area contributed by atoms with E-state index in [1.165, 1.54) is 38.5 Å². The van der Waals surface area contributed by atoms with Crippen molar-refractivity contribution in [2.45, 2.75) is 77.4 Å². The number of ether oxygens (including phenoxy) is 1. The van der Waals surface area contributed by atoms with E-state index in [0.717, 1.165) is 30.6 Å². The van der Waals surface area contributed by atoms with Crippen molar-refractivity contribution in [3.8, 4) is 0 Å². The predicted octanol–water partition coefficient (Wildman–Crippen LogP) is 3.98. The molecule has 21 heavy (non-hydrogen) atoms. The second-order valence-electron chi connectivity index (χ2n) is 9.16. The van der Waals surface area contributed by atoms with E-state index in [9.17, 15) is 4.79 Å². The van der Waals surface area contributed by atoms with E-state index >= 15 is 0 Å². The summed E-state index contributed by atoms with van der Waals surface area (Å²) in [6.07, 6.45) is 11.1. The Kier molecular flexibility index (Phi) is 2.45. The van der Waals surface area contributed by atoms with Crippen LogP contribution in [0.5, 0.6) is 0 Å². The molecule has 0 aromatic rings. The molecule has 0 bridgehead atoms. The number of epoxide rings is 1. The Balaban J connectivity index is 1.49. The summed E-state index contributed by atoms with van der Waals surface area (Å²) >= 11 is 0. The number of carbonyl (C=O) groups is 1. The van der Waals surface area contributed by atoms with Gasteiger partial charge in [0.2, 0.25) is 0 Å². The van der Waals surface area contributed by atoms with Crippen LogP contribution in [0.15, 0.2) is 0 Å². The molecule has 4 unspecified atom stereocenters. The second kappa shape index (κ2) is 3.93. The lowest BCUT2D eigenvalue weighted by atomic mass is 9.45. The van der Waals surface area contributed by atoms with Gasteiger partial charge in [0.15, 0.2) is 0 Å². The summed E-state index contributed by atoms with van der Waals surface area (Å²) in [7, 11) is 0. The van der Waals surface area contributed by atoms with E-state index in [0.29, 0.717) is 29.3 Å². The van der Waals surface area contributed by atoms with Crippen LogP contribution in [0.4, 0.5) is 0 Å². The molecule has 0 N–H and O–H groups in total. The number of hydrogen-bond donors (Lipinski definition) is 0. The summed E-state index contributed by atoms with van der Waals surface area (Å²) in [5.74, 6) is 3.78. The highest BCUT2D eigenvalue weighted by Gasteiger charge is 2.64. The van der Waals surface area contributed by atoms with Crippen LogP contribution in [0.2, 0.25) is 0 Å². The van der Waals surface area contributed by atoms with Gasteiger partial charge in [0, 0.05) is 11.8 Å². The first-order chi connectivity index (χ1) is 10.0. The first-order valence-electron chi connectivity index (χ1n) is 9.23. The zero-order valence-corrected chi connectivity index (χ0v) is 13.4. The van der Waals surface area contributed by atoms with E-state index in [-0.39, 0.29) is 5.41 Å². The highest BCUT2D eigenvalue weighted by atomic mass is 16.6. The van der Waals surface area contributed by atoms with E-state index in [1.807, 2.05) is 0 Å². The highest BCUT2D eigenvalue weighted by Crippen LogP contribution is 2.67. The number of fused-ring (bicyclic) bond motifs is 7. The predicted molar refractivity (Wildman–Crippen MR) is 80.8 cm³/mol. The maximum atomic E-state index is 12.4. The molecule has 8 atom stereocenters. The van der Waals surface area contributed by atoms with E-state index in [2.05, 4.69) is 13.8 Å². The van der Waals surface area contributed by atoms with Crippen LogP contribution in [0.25, 0.3) is 0 Å². The lowest BCUT2D eigenvalue weighted by molar-refractivity contribution is -0.138. The van der Waals surface area contributed by atoms with Crippen LogP contribution in [-0.2, 0) is 9.53 Å². The molecule has 0 aromatic carbocycles. The van der Waals surface area contributed by atoms with Gasteiger partial charge < -0.3 is 4.74 Å². The average molecular weight is 288 g/mol. The van der Waals surface area contributed by atoms with Crippen LogP contribution in [0.1, 0.15) is 65.2 Å². The molecule has 2 heteroatoms. The largest absolute Gasteiger partial charge is 0.369 e. The standard InChI is InChI=1S/C19H28O2/c1-18-10-8-15-17(21-15)14(18)4-3-11-12-5-6-16(20)19(12,2)9-7-13(11)18/h11-15,17H,3-10H2,1-2H3/t11-,12?,13?,14-,15?,17?,18+,19-/m1/s1. The Bertz CT molecular complexity index is 500. The molecule has 4 saturated carbocycles. The van der Waals surface area contributed by atoms with Crippen molar-refractivity contribution in [2.24, 2.45) is 34.5 Å². The highest BCUT2D eigenvalue weighted by molar-refractivity contribution is 5.87. The first kappa shape index (κ1) is 13.1. The minimum Gasteiger partial charge on any atom is -0.369 e. The third-order valence-corrected chi connectivity index (χ3v) is 8.64. The smallest absolute Gasteiger partial charge is 0.139 e. The van der Waals surface area contributed by atoms with E-state index < -0.39 is 0 Å². The quantitative estimate of drug-likeness (QED) is 0.631. The minimum absolute atomic E-state index is 0.0393. The lowest BCUT2D eigenvalue weighted by Crippen LogP contribution is -2.54. The van der Waals surface area contributed by atoms with Crippen molar-refractivity contribution in [2.75, 3.05) is 0 Å². The van der Waals surface area contributed by atoms with Crippen LogP contribution in [0.3, 0.4) is 0 Å². The number of carbonyl (C=O) groups excluding carboxylic acids is 1. The Hall–Kier alpha value is -0.370. The minimum atomic E-state index is 0.0393. The molecule has 4 aliphatic carbocycles. The van der Waals surface area contributed by atoms with Gasteiger partial charge in [0.1, 0.15) is 5.78 Å². The van der Waals surface area contributed by atoms with Crippen molar-refractivity contribution in [3.05, 3.63) is 0 Å². The average Bonchev–Trinajstić information content (AvgIpc) is 3.18. The Morgan fingerprint density at radius 2 is 1.81 bits per heavy atom. The van der Waals surface area contributed by atoms with Gasteiger partial charge in [-0.1, -0.05) is 13.8 Å². The fourth-order valence-corrected chi connectivity index (χ4v) is 7.36. The van der Waals surface area contributed by atoms with Gasteiger partial charge in [-0.15, -0.1) is 0 Å². The van der Waals surface area contributed by atoms with Crippen LogP contribution < -0.4 is 0 Å². The van der Waals surface area contributed by atoms with Crippen molar-refractivity contribution >= 4 is 5.78 Å². The van der Waals surface area contributed by atoms with Crippen molar-refractivity contribution < 1.29 is 9.53 Å². The topological polar surface area (TPSA) is 29.6 Å². The third kappa shape index (κ3) is 1.51. The molecular formula is C19H28O2. The molecule has 1 aliphatic heterocycles. The van der Waals surface area contributed by atoms with Crippen molar-refractivity contribution in [1.29, 1.82) is 0 Å². The molecule has 0 aromatic heterocycles. The van der Waals surface area contributed by atoms with Crippen molar-refractivity contribution in [1.82, 2.24) is 0 Å². The number of hydrogen-bond acceptors (Lipinski definition) is 2. The maximum absolute atomic E-state index is 12.4. The van der Waals surface area contributed by atoms with Crippen LogP contribution in [-0.4, -0.2) is 18.0 Å². The zero-order chi connectivity index (χ0) is 14.4. The molecule has 0 amide bonds. The Morgan fingerprint density at radius 3 is 2.67 bits per heavy atom. The van der Waals surface area contributed by atoms with Crippen molar-refractivity contribution in [3.63, 3.8) is 0 Å². The molecule has 116 valence electrons. The fraction of sp³-hybridized carbons (Fsp3) is 0.947. The normalized spacial score (nSPS) is 61.5. The number of ketones is 1. The Morgan fingerprint density at radius 1 is 0.952 bits per heavy atom. The summed E-state index contributed by atoms with van der Waals surface area (Å²) < 4.78 is 5.96. The molecule has 5 rings (SSSR count). The second-order valence-corrected chi connectivity index (χ2v) is 9.16. The molecule has 2 nitrogen and oxygen atoms in total. The van der Waals surface area contributed by atoms with Crippen LogP contribution >= 0.6 is 0 Å². The zero-order valence-electron chi connectivity index (χ0n) is 13.4. The summed E-state index contributed by atoms with van der Waals surface area (Å²) in [4.78, 5) is 12.4. The monoisotopic (exact) mass is 288 g/mol. The Labute approximate surface area is 128 Å². The molecule has 0 radical (unpaired) electrons. The SMILES string of the molecule is C[C@@]12CCC3[C@H](CC[C@@H]4C5OC5CC[C@@]34C)C1CCC2=O. The molecule has 5 fully saturated rings. The lowest BCUT2D eigenvalue weighted by Gasteiger charge is -2.58.